The first-order valence-electron chi connectivity index (χ1n) is 6.61. The molecule has 1 aromatic rings. The molecule has 0 atom stereocenters. The number of carbonyl (C=O) groups is 2. The number of ether oxygens (including phenoxy) is 1. The van der Waals surface area contributed by atoms with Gasteiger partial charge in [-0.15, -0.1) is 12.4 Å². The summed E-state index contributed by atoms with van der Waals surface area (Å²) in [4.78, 5) is 23.9. The summed E-state index contributed by atoms with van der Waals surface area (Å²) in [5.41, 5.74) is 1.53. The SMILES string of the molecule is CCOc1ccc(C(C)=O)cc1CN(C)CCC(=O)O.Cl. The van der Waals surface area contributed by atoms with E-state index in [9.17, 15) is 9.59 Å². The second-order valence-electron chi connectivity index (χ2n) is 4.69. The van der Waals surface area contributed by atoms with Crippen molar-refractivity contribution in [2.75, 3.05) is 20.2 Å². The molecule has 0 saturated carbocycles. The van der Waals surface area contributed by atoms with Crippen molar-refractivity contribution in [3.05, 3.63) is 29.3 Å². The third-order valence-corrected chi connectivity index (χ3v) is 2.91. The van der Waals surface area contributed by atoms with Gasteiger partial charge in [-0.1, -0.05) is 0 Å². The molecule has 5 nitrogen and oxygen atoms in total. The molecule has 1 rings (SSSR count). The van der Waals surface area contributed by atoms with E-state index in [0.29, 0.717) is 25.3 Å². The number of carboxylic acid groups (broad SMARTS) is 1. The molecule has 0 saturated heterocycles. The van der Waals surface area contributed by atoms with Gasteiger partial charge in [-0.05, 0) is 39.1 Å². The highest BCUT2D eigenvalue weighted by molar-refractivity contribution is 5.94. The third-order valence-electron chi connectivity index (χ3n) is 2.91. The maximum absolute atomic E-state index is 11.4. The van der Waals surface area contributed by atoms with E-state index in [2.05, 4.69) is 0 Å². The topological polar surface area (TPSA) is 66.8 Å². The van der Waals surface area contributed by atoms with Crippen LogP contribution in [0.3, 0.4) is 0 Å². The summed E-state index contributed by atoms with van der Waals surface area (Å²) in [6.07, 6.45) is 0.0901. The van der Waals surface area contributed by atoms with Gasteiger partial charge in [0, 0.05) is 24.2 Å². The van der Waals surface area contributed by atoms with E-state index >= 15 is 0 Å². The minimum absolute atomic E-state index is 0. The number of ketones is 1. The fraction of sp³-hybridized carbons (Fsp3) is 0.467. The van der Waals surface area contributed by atoms with Crippen LogP contribution >= 0.6 is 12.4 Å². The Balaban J connectivity index is 0.00000400. The third kappa shape index (κ3) is 6.60. The van der Waals surface area contributed by atoms with Gasteiger partial charge >= 0.3 is 5.97 Å². The molecule has 0 aliphatic carbocycles. The standard InChI is InChI=1S/C15H21NO4.ClH/c1-4-20-14-6-5-12(11(2)17)9-13(14)10-16(3)8-7-15(18)19;/h5-6,9H,4,7-8,10H2,1-3H3,(H,18,19);1H. The Morgan fingerprint density at radius 1 is 1.33 bits per heavy atom. The highest BCUT2D eigenvalue weighted by Gasteiger charge is 2.11. The van der Waals surface area contributed by atoms with Gasteiger partial charge in [0.2, 0.25) is 0 Å². The van der Waals surface area contributed by atoms with E-state index in [0.717, 1.165) is 11.3 Å². The normalized spacial score (nSPS) is 10.1. The minimum atomic E-state index is -0.820. The first-order valence-corrected chi connectivity index (χ1v) is 6.61. The van der Waals surface area contributed by atoms with Crippen LogP contribution in [0.4, 0.5) is 0 Å². The second-order valence-corrected chi connectivity index (χ2v) is 4.69. The Morgan fingerprint density at radius 3 is 2.52 bits per heavy atom. The van der Waals surface area contributed by atoms with Gasteiger partial charge in [0.15, 0.2) is 5.78 Å². The van der Waals surface area contributed by atoms with Crippen molar-refractivity contribution < 1.29 is 19.4 Å². The number of benzene rings is 1. The van der Waals surface area contributed by atoms with Gasteiger partial charge in [-0.25, -0.2) is 0 Å². The lowest BCUT2D eigenvalue weighted by atomic mass is 10.1. The molecule has 21 heavy (non-hydrogen) atoms. The van der Waals surface area contributed by atoms with Gasteiger partial charge in [0.25, 0.3) is 0 Å². The van der Waals surface area contributed by atoms with Gasteiger partial charge in [-0.3, -0.25) is 9.59 Å². The van der Waals surface area contributed by atoms with Crippen molar-refractivity contribution in [1.82, 2.24) is 4.90 Å². The van der Waals surface area contributed by atoms with E-state index in [1.54, 1.807) is 12.1 Å². The van der Waals surface area contributed by atoms with Crippen molar-refractivity contribution in [3.63, 3.8) is 0 Å². The molecule has 0 radical (unpaired) electrons. The number of Topliss-reactive ketones (excluding diaryl/α,β-unsaturated/α-hetero) is 1. The largest absolute Gasteiger partial charge is 0.494 e. The van der Waals surface area contributed by atoms with E-state index < -0.39 is 5.97 Å². The fourth-order valence-corrected chi connectivity index (χ4v) is 1.87. The van der Waals surface area contributed by atoms with E-state index in [1.807, 2.05) is 24.9 Å². The number of aliphatic carboxylic acids is 1. The number of rotatable bonds is 8. The molecule has 118 valence electrons. The zero-order valence-electron chi connectivity index (χ0n) is 12.6. The van der Waals surface area contributed by atoms with Crippen molar-refractivity contribution in [1.29, 1.82) is 0 Å². The van der Waals surface area contributed by atoms with Crippen LogP contribution in [-0.4, -0.2) is 42.0 Å². The van der Waals surface area contributed by atoms with Crippen molar-refractivity contribution >= 4 is 24.2 Å². The smallest absolute Gasteiger partial charge is 0.304 e. The Morgan fingerprint density at radius 2 is 2.00 bits per heavy atom. The minimum Gasteiger partial charge on any atom is -0.494 e. The molecule has 0 fully saturated rings. The Labute approximate surface area is 131 Å². The van der Waals surface area contributed by atoms with Crippen molar-refractivity contribution in [3.8, 4) is 5.75 Å². The van der Waals surface area contributed by atoms with Crippen LogP contribution in [0, 0.1) is 0 Å². The van der Waals surface area contributed by atoms with Crippen molar-refractivity contribution in [2.24, 2.45) is 0 Å². The first kappa shape index (κ1) is 19.4. The van der Waals surface area contributed by atoms with Gasteiger partial charge in [0.1, 0.15) is 5.75 Å². The van der Waals surface area contributed by atoms with Crippen LogP contribution in [-0.2, 0) is 11.3 Å². The highest BCUT2D eigenvalue weighted by atomic mass is 35.5. The van der Waals surface area contributed by atoms with Crippen LogP contribution < -0.4 is 4.74 Å². The van der Waals surface area contributed by atoms with Crippen LogP contribution in [0.5, 0.6) is 5.75 Å². The summed E-state index contributed by atoms with van der Waals surface area (Å²) in [6, 6.07) is 5.35. The lowest BCUT2D eigenvalue weighted by Gasteiger charge is -2.18. The molecule has 6 heteroatoms. The molecule has 0 unspecified atom stereocenters. The summed E-state index contributed by atoms with van der Waals surface area (Å²) in [6.45, 7) is 4.96. The number of hydrogen-bond donors (Lipinski definition) is 1. The summed E-state index contributed by atoms with van der Waals surface area (Å²) in [5.74, 6) is -0.0819. The predicted molar refractivity (Wildman–Crippen MR) is 83.5 cm³/mol. The van der Waals surface area contributed by atoms with Crippen LogP contribution in [0.2, 0.25) is 0 Å². The summed E-state index contributed by atoms with van der Waals surface area (Å²) < 4.78 is 5.54. The van der Waals surface area contributed by atoms with E-state index in [-0.39, 0.29) is 24.6 Å². The lowest BCUT2D eigenvalue weighted by molar-refractivity contribution is -0.137. The van der Waals surface area contributed by atoms with Crippen molar-refractivity contribution in [2.45, 2.75) is 26.8 Å². The zero-order chi connectivity index (χ0) is 15.1. The van der Waals surface area contributed by atoms with Crippen LogP contribution in [0.1, 0.15) is 36.2 Å². The number of hydrogen-bond acceptors (Lipinski definition) is 4. The number of carbonyl (C=O) groups excluding carboxylic acids is 1. The lowest BCUT2D eigenvalue weighted by Crippen LogP contribution is -2.22. The van der Waals surface area contributed by atoms with Gasteiger partial charge in [-0.2, -0.15) is 0 Å². The Bertz CT molecular complexity index is 491. The molecule has 1 N–H and O–H groups in total. The zero-order valence-corrected chi connectivity index (χ0v) is 13.4. The molecule has 0 spiro atoms. The molecule has 0 amide bonds. The molecule has 0 aliphatic rings. The number of halogens is 1. The molecule has 1 aromatic carbocycles. The van der Waals surface area contributed by atoms with Crippen LogP contribution in [0.15, 0.2) is 18.2 Å². The van der Waals surface area contributed by atoms with E-state index in [1.165, 1.54) is 6.92 Å². The molecule has 0 aromatic heterocycles. The first-order chi connectivity index (χ1) is 9.43. The predicted octanol–water partition coefficient (Wildman–Crippen LogP) is 2.62. The van der Waals surface area contributed by atoms with Gasteiger partial charge in [0.05, 0.1) is 13.0 Å². The number of carboxylic acids is 1. The maximum Gasteiger partial charge on any atom is 0.304 e. The molecule has 0 aliphatic heterocycles. The molecule has 0 heterocycles. The van der Waals surface area contributed by atoms with E-state index in [4.69, 9.17) is 9.84 Å². The Hall–Kier alpha value is -1.59. The summed E-state index contributed by atoms with van der Waals surface area (Å²) in [5, 5.41) is 8.69. The second kappa shape index (κ2) is 9.37. The van der Waals surface area contributed by atoms with Crippen LogP contribution in [0.25, 0.3) is 0 Å². The summed E-state index contributed by atoms with van der Waals surface area (Å²) >= 11 is 0. The van der Waals surface area contributed by atoms with Gasteiger partial charge < -0.3 is 14.7 Å². The molecular weight excluding hydrogens is 294 g/mol. The average molecular weight is 316 g/mol. The Kier molecular flexibility index (Phi) is 8.66. The number of nitrogens with zero attached hydrogens (tertiary/aromatic N) is 1. The molecular formula is C15H22ClNO4. The fourth-order valence-electron chi connectivity index (χ4n) is 1.87. The average Bonchev–Trinajstić information content (AvgIpc) is 2.38. The molecule has 0 bridgehead atoms. The highest BCUT2D eigenvalue weighted by Crippen LogP contribution is 2.22. The maximum atomic E-state index is 11.4. The summed E-state index contributed by atoms with van der Waals surface area (Å²) in [7, 11) is 1.85. The monoisotopic (exact) mass is 315 g/mol. The quantitative estimate of drug-likeness (QED) is 0.747.